The minimum absolute atomic E-state index is 0.227. The highest BCUT2D eigenvalue weighted by Gasteiger charge is 2.32. The van der Waals surface area contributed by atoms with Gasteiger partial charge in [-0.25, -0.2) is 4.39 Å². The van der Waals surface area contributed by atoms with Crippen molar-refractivity contribution in [1.29, 1.82) is 0 Å². The molecule has 0 aromatic heterocycles. The van der Waals surface area contributed by atoms with Gasteiger partial charge in [-0.1, -0.05) is 17.7 Å². The topological polar surface area (TPSA) is 12.0 Å². The highest BCUT2D eigenvalue weighted by Crippen LogP contribution is 2.43. The van der Waals surface area contributed by atoms with Gasteiger partial charge in [-0.15, -0.1) is 0 Å². The van der Waals surface area contributed by atoms with Gasteiger partial charge in [0.1, 0.15) is 5.82 Å². The summed E-state index contributed by atoms with van der Waals surface area (Å²) in [6, 6.07) is 3.55. The highest BCUT2D eigenvalue weighted by molar-refractivity contribution is 6.31. The number of benzene rings is 1. The van der Waals surface area contributed by atoms with Crippen LogP contribution < -0.4 is 5.32 Å². The molecule has 1 saturated carbocycles. The summed E-state index contributed by atoms with van der Waals surface area (Å²) in [5.74, 6) is 0.437. The molecule has 15 heavy (non-hydrogen) atoms. The van der Waals surface area contributed by atoms with Crippen LogP contribution in [-0.4, -0.2) is 7.05 Å². The van der Waals surface area contributed by atoms with Gasteiger partial charge in [0.2, 0.25) is 0 Å². The van der Waals surface area contributed by atoms with Crippen LogP contribution >= 0.6 is 11.6 Å². The normalized spacial score (nSPS) is 17.9. The first-order valence-corrected chi connectivity index (χ1v) is 5.64. The Balaban J connectivity index is 2.37. The summed E-state index contributed by atoms with van der Waals surface area (Å²) >= 11 is 6.07. The molecule has 1 unspecified atom stereocenters. The summed E-state index contributed by atoms with van der Waals surface area (Å²) in [5, 5.41) is 3.79. The van der Waals surface area contributed by atoms with Crippen molar-refractivity contribution >= 4 is 11.6 Å². The maximum atomic E-state index is 13.2. The fourth-order valence-electron chi connectivity index (χ4n) is 1.99. The second-order valence-electron chi connectivity index (χ2n) is 4.23. The molecule has 0 saturated heterocycles. The highest BCUT2D eigenvalue weighted by atomic mass is 35.5. The molecule has 0 amide bonds. The molecule has 1 atom stereocenters. The third-order valence-electron chi connectivity index (χ3n) is 3.02. The molecule has 82 valence electrons. The lowest BCUT2D eigenvalue weighted by Crippen LogP contribution is -2.19. The van der Waals surface area contributed by atoms with Crippen LogP contribution in [-0.2, 0) is 0 Å². The Bertz CT molecular complexity index is 374. The molecule has 1 nitrogen and oxygen atoms in total. The molecule has 1 N–H and O–H groups in total. The summed E-state index contributed by atoms with van der Waals surface area (Å²) in [6.45, 7) is 1.77. The van der Waals surface area contributed by atoms with Crippen LogP contribution in [0.15, 0.2) is 12.1 Å². The summed E-state index contributed by atoms with van der Waals surface area (Å²) in [6.07, 6.45) is 2.47. The predicted octanol–water partition coefficient (Wildman–Crippen LogP) is 3.46. The van der Waals surface area contributed by atoms with Crippen molar-refractivity contribution < 1.29 is 4.39 Å². The zero-order valence-electron chi connectivity index (χ0n) is 8.98. The van der Waals surface area contributed by atoms with Crippen LogP contribution in [0.4, 0.5) is 4.39 Å². The Kier molecular flexibility index (Phi) is 2.98. The van der Waals surface area contributed by atoms with E-state index in [-0.39, 0.29) is 11.9 Å². The first kappa shape index (κ1) is 10.9. The third-order valence-corrected chi connectivity index (χ3v) is 3.34. The molecular formula is C12H15ClFN. The smallest absolute Gasteiger partial charge is 0.127 e. The third kappa shape index (κ3) is 2.16. The van der Waals surface area contributed by atoms with Gasteiger partial charge >= 0.3 is 0 Å². The van der Waals surface area contributed by atoms with E-state index in [1.807, 2.05) is 13.1 Å². The summed E-state index contributed by atoms with van der Waals surface area (Å²) in [5.41, 5.74) is 1.69. The molecule has 1 fully saturated rings. The zero-order chi connectivity index (χ0) is 11.0. The van der Waals surface area contributed by atoms with Gasteiger partial charge in [0.05, 0.1) is 0 Å². The number of halogens is 2. The molecule has 0 bridgehead atoms. The van der Waals surface area contributed by atoms with Crippen LogP contribution in [0, 0.1) is 18.7 Å². The average molecular weight is 228 g/mol. The first-order chi connectivity index (χ1) is 7.13. The van der Waals surface area contributed by atoms with Crippen molar-refractivity contribution in [3.8, 4) is 0 Å². The van der Waals surface area contributed by atoms with Crippen molar-refractivity contribution in [3.63, 3.8) is 0 Å². The van der Waals surface area contributed by atoms with E-state index < -0.39 is 0 Å². The number of nitrogens with one attached hydrogen (secondary N) is 1. The maximum Gasteiger partial charge on any atom is 0.127 e. The van der Waals surface area contributed by atoms with Gasteiger partial charge in [-0.2, -0.15) is 0 Å². The van der Waals surface area contributed by atoms with Gasteiger partial charge in [0.25, 0.3) is 0 Å². The van der Waals surface area contributed by atoms with Gasteiger partial charge in [0.15, 0.2) is 0 Å². The SMILES string of the molecule is CNC(c1cc(C)c(F)cc1Cl)C1CC1. The molecule has 1 aliphatic rings. The molecule has 3 heteroatoms. The Hall–Kier alpha value is -0.600. The van der Waals surface area contributed by atoms with E-state index in [9.17, 15) is 4.39 Å². The van der Waals surface area contributed by atoms with Crippen LogP contribution in [0.25, 0.3) is 0 Å². The Morgan fingerprint density at radius 2 is 2.13 bits per heavy atom. The van der Waals surface area contributed by atoms with Crippen molar-refractivity contribution in [2.75, 3.05) is 7.05 Å². The first-order valence-electron chi connectivity index (χ1n) is 5.26. The van der Waals surface area contributed by atoms with Crippen molar-refractivity contribution in [3.05, 3.63) is 34.1 Å². The number of aryl methyl sites for hydroxylation is 1. The second kappa shape index (κ2) is 4.11. The molecule has 1 aliphatic carbocycles. The van der Waals surface area contributed by atoms with E-state index >= 15 is 0 Å². The Morgan fingerprint density at radius 3 is 2.67 bits per heavy atom. The summed E-state index contributed by atoms with van der Waals surface area (Å²) < 4.78 is 13.2. The van der Waals surface area contributed by atoms with Gasteiger partial charge in [0, 0.05) is 11.1 Å². The molecular weight excluding hydrogens is 213 g/mol. The van der Waals surface area contributed by atoms with E-state index in [1.165, 1.54) is 18.9 Å². The molecule has 1 aromatic carbocycles. The zero-order valence-corrected chi connectivity index (χ0v) is 9.74. The van der Waals surface area contributed by atoms with E-state index in [2.05, 4.69) is 5.32 Å². The fraction of sp³-hybridized carbons (Fsp3) is 0.500. The lowest BCUT2D eigenvalue weighted by Gasteiger charge is -2.18. The summed E-state index contributed by atoms with van der Waals surface area (Å²) in [7, 11) is 1.93. The monoisotopic (exact) mass is 227 g/mol. The maximum absolute atomic E-state index is 13.2. The van der Waals surface area contributed by atoms with Crippen LogP contribution in [0.2, 0.25) is 5.02 Å². The van der Waals surface area contributed by atoms with E-state index in [0.717, 1.165) is 5.56 Å². The summed E-state index contributed by atoms with van der Waals surface area (Å²) in [4.78, 5) is 0. The van der Waals surface area contributed by atoms with Gasteiger partial charge < -0.3 is 5.32 Å². The quantitative estimate of drug-likeness (QED) is 0.834. The Morgan fingerprint density at radius 1 is 1.47 bits per heavy atom. The standard InChI is InChI=1S/C12H15ClFN/c1-7-5-9(10(13)6-11(7)14)12(15-2)8-3-4-8/h5-6,8,12,15H,3-4H2,1-2H3. The molecule has 1 aromatic rings. The molecule has 2 rings (SSSR count). The van der Waals surface area contributed by atoms with Crippen molar-refractivity contribution in [2.45, 2.75) is 25.8 Å². The van der Waals surface area contributed by atoms with E-state index in [1.54, 1.807) is 6.92 Å². The fourth-order valence-corrected chi connectivity index (χ4v) is 2.26. The molecule has 0 heterocycles. The average Bonchev–Trinajstić information content (AvgIpc) is 2.99. The van der Waals surface area contributed by atoms with E-state index in [0.29, 0.717) is 16.5 Å². The van der Waals surface area contributed by atoms with E-state index in [4.69, 9.17) is 11.6 Å². The number of hydrogen-bond donors (Lipinski definition) is 1. The van der Waals surface area contributed by atoms with Crippen molar-refractivity contribution in [2.24, 2.45) is 5.92 Å². The van der Waals surface area contributed by atoms with Crippen LogP contribution in [0.3, 0.4) is 0 Å². The minimum atomic E-state index is -0.227. The van der Waals surface area contributed by atoms with Crippen LogP contribution in [0.5, 0.6) is 0 Å². The molecule has 0 spiro atoms. The lowest BCUT2D eigenvalue weighted by atomic mass is 10.0. The number of hydrogen-bond acceptors (Lipinski definition) is 1. The molecule has 0 radical (unpaired) electrons. The van der Waals surface area contributed by atoms with Crippen molar-refractivity contribution in [1.82, 2.24) is 5.32 Å². The number of rotatable bonds is 3. The Labute approximate surface area is 94.6 Å². The molecule has 0 aliphatic heterocycles. The van der Waals surface area contributed by atoms with Crippen LogP contribution in [0.1, 0.15) is 30.0 Å². The lowest BCUT2D eigenvalue weighted by molar-refractivity contribution is 0.526. The predicted molar refractivity (Wildman–Crippen MR) is 60.7 cm³/mol. The van der Waals surface area contributed by atoms with Gasteiger partial charge in [-0.3, -0.25) is 0 Å². The second-order valence-corrected chi connectivity index (χ2v) is 4.63. The van der Waals surface area contributed by atoms with Gasteiger partial charge in [-0.05, 0) is 49.9 Å². The minimum Gasteiger partial charge on any atom is -0.313 e. The largest absolute Gasteiger partial charge is 0.313 e.